The molecule has 2 unspecified atom stereocenters. The lowest BCUT2D eigenvalue weighted by molar-refractivity contribution is -0.171. The second-order valence-electron chi connectivity index (χ2n) is 5.89. The molecule has 0 saturated heterocycles. The lowest BCUT2D eigenvalue weighted by Gasteiger charge is -2.34. The molecular formula is C12H22O3. The van der Waals surface area contributed by atoms with Crippen molar-refractivity contribution < 1.29 is 15.0 Å². The third-order valence-electron chi connectivity index (χ3n) is 3.81. The summed E-state index contributed by atoms with van der Waals surface area (Å²) >= 11 is 0. The van der Waals surface area contributed by atoms with Crippen molar-refractivity contribution in [3.63, 3.8) is 0 Å². The molecule has 3 nitrogen and oxygen atoms in total. The summed E-state index contributed by atoms with van der Waals surface area (Å²) in [7, 11) is 0. The van der Waals surface area contributed by atoms with E-state index in [2.05, 4.69) is 13.8 Å². The van der Waals surface area contributed by atoms with Crippen molar-refractivity contribution in [2.24, 2.45) is 17.3 Å². The first-order valence-electron chi connectivity index (χ1n) is 5.66. The predicted molar refractivity (Wildman–Crippen MR) is 58.5 cm³/mol. The number of aliphatic carboxylic acids is 1. The second kappa shape index (κ2) is 3.78. The third-order valence-corrected chi connectivity index (χ3v) is 3.81. The van der Waals surface area contributed by atoms with Gasteiger partial charge in [0.2, 0.25) is 0 Å². The number of carboxylic acids is 1. The van der Waals surface area contributed by atoms with Crippen LogP contribution in [-0.4, -0.2) is 21.8 Å². The van der Waals surface area contributed by atoms with Crippen LogP contribution >= 0.6 is 0 Å². The fourth-order valence-electron chi connectivity index (χ4n) is 2.70. The summed E-state index contributed by atoms with van der Waals surface area (Å²) < 4.78 is 0. The number of hydrogen-bond acceptors (Lipinski definition) is 2. The van der Waals surface area contributed by atoms with E-state index in [1.807, 2.05) is 0 Å². The molecule has 0 amide bonds. The minimum atomic E-state index is -1.55. The normalized spacial score (nSPS) is 29.1. The molecule has 0 aliphatic heterocycles. The van der Waals surface area contributed by atoms with Gasteiger partial charge in [-0.15, -0.1) is 0 Å². The summed E-state index contributed by atoms with van der Waals surface area (Å²) in [4.78, 5) is 11.2. The van der Waals surface area contributed by atoms with Crippen molar-refractivity contribution in [3.05, 3.63) is 0 Å². The molecule has 3 heteroatoms. The largest absolute Gasteiger partial charge is 0.479 e. The zero-order chi connectivity index (χ0) is 11.9. The maximum atomic E-state index is 11.2. The molecule has 0 aromatic heterocycles. The summed E-state index contributed by atoms with van der Waals surface area (Å²) in [6, 6.07) is 0. The fraction of sp³-hybridized carbons (Fsp3) is 0.917. The Bertz CT molecular complexity index is 258. The van der Waals surface area contributed by atoms with Crippen molar-refractivity contribution in [3.8, 4) is 0 Å². The topological polar surface area (TPSA) is 57.5 Å². The summed E-state index contributed by atoms with van der Waals surface area (Å²) in [5.41, 5.74) is -1.38. The van der Waals surface area contributed by atoms with Gasteiger partial charge < -0.3 is 10.2 Å². The fourth-order valence-corrected chi connectivity index (χ4v) is 2.70. The number of carboxylic acid groups (broad SMARTS) is 1. The zero-order valence-corrected chi connectivity index (χ0v) is 10.1. The molecule has 0 heterocycles. The van der Waals surface area contributed by atoms with Gasteiger partial charge in [0.1, 0.15) is 0 Å². The van der Waals surface area contributed by atoms with Crippen molar-refractivity contribution in [2.75, 3.05) is 0 Å². The Balaban J connectivity index is 2.89. The van der Waals surface area contributed by atoms with E-state index in [4.69, 9.17) is 0 Å². The second-order valence-corrected chi connectivity index (χ2v) is 5.89. The highest BCUT2D eigenvalue weighted by Crippen LogP contribution is 2.47. The highest BCUT2D eigenvalue weighted by Gasteiger charge is 2.50. The minimum absolute atomic E-state index is 0.106. The van der Waals surface area contributed by atoms with Gasteiger partial charge in [0.05, 0.1) is 0 Å². The summed E-state index contributed by atoms with van der Waals surface area (Å²) in [6.45, 7) is 7.82. The van der Waals surface area contributed by atoms with Gasteiger partial charge in [0.25, 0.3) is 0 Å². The maximum Gasteiger partial charge on any atom is 0.336 e. The maximum absolute atomic E-state index is 11.2. The summed E-state index contributed by atoms with van der Waals surface area (Å²) in [5, 5.41) is 19.5. The number of hydrogen-bond donors (Lipinski definition) is 2. The predicted octanol–water partition coefficient (Wildman–Crippen LogP) is 2.28. The van der Waals surface area contributed by atoms with E-state index in [0.717, 1.165) is 19.3 Å². The average Bonchev–Trinajstić information content (AvgIpc) is 2.44. The molecule has 2 atom stereocenters. The SMILES string of the molecule is CC(C)C(O)(C(=O)O)C1CCC(C)(C)C1. The van der Waals surface area contributed by atoms with Crippen molar-refractivity contribution >= 4 is 5.97 Å². The van der Waals surface area contributed by atoms with Crippen LogP contribution in [0.2, 0.25) is 0 Å². The van der Waals surface area contributed by atoms with Crippen LogP contribution in [0.25, 0.3) is 0 Å². The first kappa shape index (κ1) is 12.5. The Morgan fingerprint density at radius 1 is 1.47 bits per heavy atom. The number of aliphatic hydroxyl groups is 1. The van der Waals surface area contributed by atoms with E-state index in [1.54, 1.807) is 13.8 Å². The van der Waals surface area contributed by atoms with Crippen LogP contribution in [0.4, 0.5) is 0 Å². The van der Waals surface area contributed by atoms with Gasteiger partial charge in [-0.25, -0.2) is 4.79 Å². The Morgan fingerprint density at radius 2 is 2.00 bits per heavy atom. The molecule has 0 bridgehead atoms. The van der Waals surface area contributed by atoms with E-state index in [1.165, 1.54) is 0 Å². The molecule has 2 N–H and O–H groups in total. The first-order valence-corrected chi connectivity index (χ1v) is 5.66. The molecule has 1 rings (SSSR count). The Kier molecular flexibility index (Phi) is 3.15. The van der Waals surface area contributed by atoms with Crippen LogP contribution in [0, 0.1) is 17.3 Å². The first-order chi connectivity index (χ1) is 6.70. The van der Waals surface area contributed by atoms with Gasteiger partial charge in [0, 0.05) is 0 Å². The van der Waals surface area contributed by atoms with Gasteiger partial charge in [0.15, 0.2) is 5.60 Å². The molecule has 1 aliphatic carbocycles. The minimum Gasteiger partial charge on any atom is -0.479 e. The van der Waals surface area contributed by atoms with E-state index >= 15 is 0 Å². The van der Waals surface area contributed by atoms with Crippen molar-refractivity contribution in [2.45, 2.75) is 52.6 Å². The van der Waals surface area contributed by atoms with Crippen LogP contribution < -0.4 is 0 Å². The van der Waals surface area contributed by atoms with Crippen LogP contribution in [0.15, 0.2) is 0 Å². The molecule has 1 saturated carbocycles. The van der Waals surface area contributed by atoms with Crippen LogP contribution in [0.3, 0.4) is 0 Å². The van der Waals surface area contributed by atoms with E-state index in [-0.39, 0.29) is 17.3 Å². The number of carbonyl (C=O) groups is 1. The van der Waals surface area contributed by atoms with Gasteiger partial charge >= 0.3 is 5.97 Å². The monoisotopic (exact) mass is 214 g/mol. The van der Waals surface area contributed by atoms with Crippen LogP contribution in [0.5, 0.6) is 0 Å². The molecule has 88 valence electrons. The molecule has 15 heavy (non-hydrogen) atoms. The lowest BCUT2D eigenvalue weighted by Crippen LogP contribution is -2.49. The standard InChI is InChI=1S/C12H22O3/c1-8(2)12(15,10(13)14)9-5-6-11(3,4)7-9/h8-9,15H,5-7H2,1-4H3,(H,13,14). The lowest BCUT2D eigenvalue weighted by atomic mass is 9.76. The number of rotatable bonds is 3. The molecule has 0 radical (unpaired) electrons. The Morgan fingerprint density at radius 3 is 2.27 bits per heavy atom. The summed E-state index contributed by atoms with van der Waals surface area (Å²) in [5.74, 6) is -1.42. The van der Waals surface area contributed by atoms with E-state index in [0.29, 0.717) is 0 Å². The van der Waals surface area contributed by atoms with E-state index in [9.17, 15) is 15.0 Å². The molecule has 1 aliphatic rings. The van der Waals surface area contributed by atoms with Crippen LogP contribution in [0.1, 0.15) is 47.0 Å². The van der Waals surface area contributed by atoms with Crippen LogP contribution in [-0.2, 0) is 4.79 Å². The quantitative estimate of drug-likeness (QED) is 0.757. The molecule has 0 aromatic rings. The average molecular weight is 214 g/mol. The van der Waals surface area contributed by atoms with Crippen molar-refractivity contribution in [1.82, 2.24) is 0 Å². The molecule has 1 fully saturated rings. The van der Waals surface area contributed by atoms with E-state index < -0.39 is 11.6 Å². The smallest absolute Gasteiger partial charge is 0.336 e. The molecule has 0 spiro atoms. The molecule has 0 aromatic carbocycles. The third kappa shape index (κ3) is 2.17. The van der Waals surface area contributed by atoms with Gasteiger partial charge in [-0.3, -0.25) is 0 Å². The van der Waals surface area contributed by atoms with Gasteiger partial charge in [-0.1, -0.05) is 27.7 Å². The highest BCUT2D eigenvalue weighted by molar-refractivity contribution is 5.78. The Hall–Kier alpha value is -0.570. The van der Waals surface area contributed by atoms with Crippen molar-refractivity contribution in [1.29, 1.82) is 0 Å². The molecular weight excluding hydrogens is 192 g/mol. The summed E-state index contributed by atoms with van der Waals surface area (Å²) in [6.07, 6.45) is 2.61. The Labute approximate surface area is 91.5 Å². The van der Waals surface area contributed by atoms with Gasteiger partial charge in [-0.05, 0) is 36.5 Å². The van der Waals surface area contributed by atoms with Gasteiger partial charge in [-0.2, -0.15) is 0 Å². The zero-order valence-electron chi connectivity index (χ0n) is 10.1. The highest BCUT2D eigenvalue weighted by atomic mass is 16.4.